The van der Waals surface area contributed by atoms with Crippen molar-refractivity contribution < 1.29 is 4.79 Å². The Hall–Kier alpha value is -3.29. The van der Waals surface area contributed by atoms with Crippen molar-refractivity contribution in [1.82, 2.24) is 20.3 Å². The molecule has 0 aliphatic heterocycles. The van der Waals surface area contributed by atoms with Crippen molar-refractivity contribution in [2.45, 2.75) is 27.2 Å². The second kappa shape index (κ2) is 9.06. The Morgan fingerprint density at radius 3 is 2.38 bits per heavy atom. The molecule has 1 amide bonds. The molecule has 0 saturated heterocycles. The topological polar surface area (TPSA) is 71.8 Å². The second-order valence-corrected chi connectivity index (χ2v) is 8.37. The number of aryl methyl sites for hydroxylation is 3. The fraction of sp³-hybridized carbons (Fsp3) is 0.167. The van der Waals surface area contributed by atoms with Gasteiger partial charge in [-0.2, -0.15) is 4.80 Å². The number of nitrogens with one attached hydrogen (secondary N) is 2. The van der Waals surface area contributed by atoms with E-state index < -0.39 is 0 Å². The molecule has 0 saturated carbocycles. The summed E-state index contributed by atoms with van der Waals surface area (Å²) in [6.45, 7) is 5.97. The standard InChI is InChI=1S/C24H22ClN5OS/c1-4-16-6-8-17(9-7-16)30-28-21-12-15(3)20(13-22(21)29-30)26-24(32)27-23(31)18-10-5-14(2)11-19(18)25/h5-13H,4H2,1-3H3,(H2,26,27,31,32). The largest absolute Gasteiger partial charge is 0.332 e. The fourth-order valence-electron chi connectivity index (χ4n) is 3.31. The Balaban J connectivity index is 1.52. The van der Waals surface area contributed by atoms with Crippen molar-refractivity contribution in [2.24, 2.45) is 0 Å². The number of thiocarbonyl (C=S) groups is 1. The van der Waals surface area contributed by atoms with Crippen molar-refractivity contribution in [3.05, 3.63) is 81.9 Å². The maximum Gasteiger partial charge on any atom is 0.258 e. The Kier molecular flexibility index (Phi) is 6.21. The molecule has 0 aliphatic carbocycles. The third-order valence-corrected chi connectivity index (χ3v) is 5.66. The van der Waals surface area contributed by atoms with Gasteiger partial charge in [0.25, 0.3) is 5.91 Å². The minimum absolute atomic E-state index is 0.177. The van der Waals surface area contributed by atoms with Gasteiger partial charge in [0, 0.05) is 5.69 Å². The van der Waals surface area contributed by atoms with Crippen LogP contribution in [0.25, 0.3) is 16.7 Å². The first-order valence-electron chi connectivity index (χ1n) is 10.2. The maximum atomic E-state index is 12.5. The lowest BCUT2D eigenvalue weighted by Crippen LogP contribution is -2.34. The average molecular weight is 464 g/mol. The number of aromatic nitrogens is 3. The minimum Gasteiger partial charge on any atom is -0.332 e. The van der Waals surface area contributed by atoms with E-state index in [9.17, 15) is 4.79 Å². The summed E-state index contributed by atoms with van der Waals surface area (Å²) >= 11 is 11.5. The second-order valence-electron chi connectivity index (χ2n) is 7.56. The molecule has 0 fully saturated rings. The number of carbonyl (C=O) groups is 1. The van der Waals surface area contributed by atoms with E-state index in [1.54, 1.807) is 16.9 Å². The van der Waals surface area contributed by atoms with Crippen LogP contribution < -0.4 is 10.6 Å². The summed E-state index contributed by atoms with van der Waals surface area (Å²) in [5, 5.41) is 15.5. The number of halogens is 1. The van der Waals surface area contributed by atoms with Crippen LogP contribution in [0.3, 0.4) is 0 Å². The number of carbonyl (C=O) groups excluding carboxylic acids is 1. The van der Waals surface area contributed by atoms with Gasteiger partial charge in [0.1, 0.15) is 11.0 Å². The Bertz CT molecular complexity index is 1330. The predicted molar refractivity (Wildman–Crippen MR) is 133 cm³/mol. The quantitative estimate of drug-likeness (QED) is 0.397. The van der Waals surface area contributed by atoms with E-state index in [1.807, 2.05) is 44.2 Å². The van der Waals surface area contributed by atoms with E-state index in [1.165, 1.54) is 5.56 Å². The molecule has 2 N–H and O–H groups in total. The van der Waals surface area contributed by atoms with Crippen molar-refractivity contribution >= 4 is 51.6 Å². The highest BCUT2D eigenvalue weighted by Crippen LogP contribution is 2.23. The van der Waals surface area contributed by atoms with Gasteiger partial charge in [0.05, 0.1) is 16.3 Å². The third-order valence-electron chi connectivity index (χ3n) is 5.15. The summed E-state index contributed by atoms with van der Waals surface area (Å²) in [6, 6.07) is 17.2. The van der Waals surface area contributed by atoms with Crippen molar-refractivity contribution in [2.75, 3.05) is 5.32 Å². The van der Waals surface area contributed by atoms with Gasteiger partial charge < -0.3 is 5.32 Å². The molecule has 6 nitrogen and oxygen atoms in total. The monoisotopic (exact) mass is 463 g/mol. The molecule has 0 atom stereocenters. The summed E-state index contributed by atoms with van der Waals surface area (Å²) in [5.41, 5.74) is 6.65. The summed E-state index contributed by atoms with van der Waals surface area (Å²) in [6.07, 6.45) is 0.982. The number of nitrogens with zero attached hydrogens (tertiary/aromatic N) is 3. The van der Waals surface area contributed by atoms with Gasteiger partial charge >= 0.3 is 0 Å². The summed E-state index contributed by atoms with van der Waals surface area (Å²) < 4.78 is 0. The first-order chi connectivity index (χ1) is 15.3. The normalized spacial score (nSPS) is 10.9. The van der Waals surface area contributed by atoms with Crippen LogP contribution in [0.4, 0.5) is 5.69 Å². The van der Waals surface area contributed by atoms with Crippen molar-refractivity contribution in [3.8, 4) is 5.69 Å². The Morgan fingerprint density at radius 1 is 1.03 bits per heavy atom. The molecule has 0 radical (unpaired) electrons. The van der Waals surface area contributed by atoms with Crippen LogP contribution in [0.5, 0.6) is 0 Å². The van der Waals surface area contributed by atoms with E-state index in [-0.39, 0.29) is 11.0 Å². The van der Waals surface area contributed by atoms with E-state index >= 15 is 0 Å². The molecule has 0 bridgehead atoms. The molecule has 4 aromatic rings. The molecule has 0 aliphatic rings. The lowest BCUT2D eigenvalue weighted by Gasteiger charge is -2.12. The number of benzene rings is 3. The molecule has 0 spiro atoms. The molecule has 0 unspecified atom stereocenters. The zero-order valence-electron chi connectivity index (χ0n) is 17.9. The summed E-state index contributed by atoms with van der Waals surface area (Å²) in [7, 11) is 0. The van der Waals surface area contributed by atoms with E-state index in [2.05, 4.69) is 39.9 Å². The lowest BCUT2D eigenvalue weighted by atomic mass is 10.1. The predicted octanol–water partition coefficient (Wildman–Crippen LogP) is 5.38. The first-order valence-corrected chi connectivity index (χ1v) is 11.0. The molecule has 162 valence electrons. The molecule has 1 heterocycles. The molecular weight excluding hydrogens is 442 g/mol. The maximum absolute atomic E-state index is 12.5. The van der Waals surface area contributed by atoms with Crippen LogP contribution in [0.1, 0.15) is 34.0 Å². The third kappa shape index (κ3) is 4.64. The summed E-state index contributed by atoms with van der Waals surface area (Å²) in [5.74, 6) is -0.368. The zero-order valence-corrected chi connectivity index (χ0v) is 19.5. The SMILES string of the molecule is CCc1ccc(-n2nc3cc(C)c(NC(=S)NC(=O)c4ccc(C)cc4Cl)cc3n2)cc1. The fourth-order valence-corrected chi connectivity index (χ4v) is 3.83. The Morgan fingerprint density at radius 2 is 1.72 bits per heavy atom. The van der Waals surface area contributed by atoms with Gasteiger partial charge in [-0.25, -0.2) is 0 Å². The van der Waals surface area contributed by atoms with E-state index in [0.29, 0.717) is 16.1 Å². The van der Waals surface area contributed by atoms with Gasteiger partial charge in [0.2, 0.25) is 0 Å². The van der Waals surface area contributed by atoms with Crippen LogP contribution in [0.15, 0.2) is 54.6 Å². The van der Waals surface area contributed by atoms with E-state index in [0.717, 1.165) is 34.4 Å². The number of fused-ring (bicyclic) bond motifs is 1. The molecular formula is C24H22ClN5OS. The molecule has 1 aromatic heterocycles. The highest BCUT2D eigenvalue weighted by Gasteiger charge is 2.14. The smallest absolute Gasteiger partial charge is 0.258 e. The van der Waals surface area contributed by atoms with Crippen LogP contribution in [0, 0.1) is 13.8 Å². The lowest BCUT2D eigenvalue weighted by molar-refractivity contribution is 0.0978. The van der Waals surface area contributed by atoms with Crippen molar-refractivity contribution in [1.29, 1.82) is 0 Å². The Labute approximate surface area is 196 Å². The number of anilines is 1. The molecule has 4 rings (SSSR count). The van der Waals surface area contributed by atoms with Crippen molar-refractivity contribution in [3.63, 3.8) is 0 Å². The average Bonchev–Trinajstić information content (AvgIpc) is 3.16. The van der Waals surface area contributed by atoms with Crippen LogP contribution in [0.2, 0.25) is 5.02 Å². The number of rotatable bonds is 4. The van der Waals surface area contributed by atoms with Crippen LogP contribution >= 0.6 is 23.8 Å². The van der Waals surface area contributed by atoms with Gasteiger partial charge in [0.15, 0.2) is 5.11 Å². The minimum atomic E-state index is -0.368. The van der Waals surface area contributed by atoms with Crippen LogP contribution in [-0.2, 0) is 6.42 Å². The summed E-state index contributed by atoms with van der Waals surface area (Å²) in [4.78, 5) is 14.1. The van der Waals surface area contributed by atoms with Gasteiger partial charge in [-0.15, -0.1) is 10.2 Å². The zero-order chi connectivity index (χ0) is 22.8. The highest BCUT2D eigenvalue weighted by molar-refractivity contribution is 7.80. The number of hydrogen-bond donors (Lipinski definition) is 2. The number of hydrogen-bond acceptors (Lipinski definition) is 4. The first kappa shape index (κ1) is 21.9. The molecule has 8 heteroatoms. The number of amides is 1. The molecule has 3 aromatic carbocycles. The molecule has 32 heavy (non-hydrogen) atoms. The van der Waals surface area contributed by atoms with Gasteiger partial charge in [-0.3, -0.25) is 10.1 Å². The van der Waals surface area contributed by atoms with Crippen LogP contribution in [-0.4, -0.2) is 26.0 Å². The van der Waals surface area contributed by atoms with Gasteiger partial charge in [-0.05, 0) is 85.6 Å². The van der Waals surface area contributed by atoms with Gasteiger partial charge in [-0.1, -0.05) is 36.7 Å². The highest BCUT2D eigenvalue weighted by atomic mass is 35.5. The van der Waals surface area contributed by atoms with E-state index in [4.69, 9.17) is 23.8 Å².